The van der Waals surface area contributed by atoms with Gasteiger partial charge in [-0.1, -0.05) is 24.3 Å². The number of aromatic nitrogens is 1. The van der Waals surface area contributed by atoms with Crippen molar-refractivity contribution in [3.05, 3.63) is 48.0 Å². The van der Waals surface area contributed by atoms with E-state index in [0.29, 0.717) is 0 Å². The highest BCUT2D eigenvalue weighted by Gasteiger charge is 2.08. The lowest BCUT2D eigenvalue weighted by molar-refractivity contribution is 0.476. The smallest absolute Gasteiger partial charge is 0.124 e. The van der Waals surface area contributed by atoms with E-state index in [-0.39, 0.29) is 5.75 Å². The van der Waals surface area contributed by atoms with Crippen LogP contribution in [-0.2, 0) is 0 Å². The Balaban J connectivity index is 2.22. The van der Waals surface area contributed by atoms with Crippen LogP contribution in [0, 0.1) is 6.92 Å². The predicted octanol–water partition coefficient (Wildman–Crippen LogP) is 3.98. The van der Waals surface area contributed by atoms with Crippen LogP contribution in [0.5, 0.6) is 5.75 Å². The van der Waals surface area contributed by atoms with Crippen molar-refractivity contribution in [1.29, 1.82) is 0 Å². The molecule has 2 nitrogen and oxygen atoms in total. The second-order valence-corrected chi connectivity index (χ2v) is 5.02. The second-order valence-electron chi connectivity index (χ2n) is 3.99. The van der Waals surface area contributed by atoms with E-state index in [9.17, 15) is 5.11 Å². The first-order valence-corrected chi connectivity index (χ1v) is 6.21. The highest BCUT2D eigenvalue weighted by atomic mass is 32.1. The van der Waals surface area contributed by atoms with Crippen LogP contribution in [0.4, 0.5) is 0 Å². The third-order valence-electron chi connectivity index (χ3n) is 2.75. The Labute approximate surface area is 103 Å². The number of benzene rings is 2. The molecule has 0 radical (unpaired) electrons. The van der Waals surface area contributed by atoms with Gasteiger partial charge < -0.3 is 5.11 Å². The SMILES string of the molecule is Cc1ccccc1-c1nc2ccc(O)cc2s1. The summed E-state index contributed by atoms with van der Waals surface area (Å²) in [4.78, 5) is 4.59. The number of aromatic hydroxyl groups is 1. The minimum Gasteiger partial charge on any atom is -0.508 e. The quantitative estimate of drug-likeness (QED) is 0.699. The van der Waals surface area contributed by atoms with Gasteiger partial charge in [-0.25, -0.2) is 4.98 Å². The zero-order valence-corrected chi connectivity index (χ0v) is 10.2. The first-order valence-electron chi connectivity index (χ1n) is 5.39. The van der Waals surface area contributed by atoms with Crippen molar-refractivity contribution in [2.75, 3.05) is 0 Å². The van der Waals surface area contributed by atoms with Gasteiger partial charge in [-0.2, -0.15) is 0 Å². The number of hydrogen-bond acceptors (Lipinski definition) is 3. The second kappa shape index (κ2) is 3.86. The molecule has 0 aliphatic rings. The number of nitrogens with zero attached hydrogens (tertiary/aromatic N) is 1. The fourth-order valence-corrected chi connectivity index (χ4v) is 2.93. The van der Waals surface area contributed by atoms with Crippen LogP contribution in [0.3, 0.4) is 0 Å². The van der Waals surface area contributed by atoms with Crippen LogP contribution < -0.4 is 0 Å². The molecule has 1 heterocycles. The Morgan fingerprint density at radius 3 is 2.76 bits per heavy atom. The summed E-state index contributed by atoms with van der Waals surface area (Å²) in [5, 5.41) is 10.4. The van der Waals surface area contributed by atoms with Gasteiger partial charge in [-0.3, -0.25) is 0 Å². The van der Waals surface area contributed by atoms with Crippen molar-refractivity contribution in [3.8, 4) is 16.3 Å². The molecule has 0 saturated carbocycles. The maximum Gasteiger partial charge on any atom is 0.124 e. The van der Waals surface area contributed by atoms with E-state index in [1.54, 1.807) is 23.5 Å². The zero-order valence-electron chi connectivity index (χ0n) is 9.34. The topological polar surface area (TPSA) is 33.1 Å². The van der Waals surface area contributed by atoms with E-state index in [0.717, 1.165) is 20.8 Å². The Morgan fingerprint density at radius 1 is 1.12 bits per heavy atom. The number of phenolic OH excluding ortho intramolecular Hbond substituents is 1. The number of fused-ring (bicyclic) bond motifs is 1. The van der Waals surface area contributed by atoms with E-state index < -0.39 is 0 Å². The van der Waals surface area contributed by atoms with Crippen molar-refractivity contribution in [1.82, 2.24) is 4.98 Å². The van der Waals surface area contributed by atoms with E-state index in [1.165, 1.54) is 5.56 Å². The van der Waals surface area contributed by atoms with E-state index in [1.807, 2.05) is 18.2 Å². The third-order valence-corrected chi connectivity index (χ3v) is 3.80. The van der Waals surface area contributed by atoms with Crippen molar-refractivity contribution >= 4 is 21.6 Å². The maximum atomic E-state index is 9.44. The lowest BCUT2D eigenvalue weighted by Gasteiger charge is -1.99. The van der Waals surface area contributed by atoms with Gasteiger partial charge in [0.25, 0.3) is 0 Å². The molecule has 1 N–H and O–H groups in total. The minimum atomic E-state index is 0.289. The van der Waals surface area contributed by atoms with Crippen LogP contribution in [-0.4, -0.2) is 10.1 Å². The number of rotatable bonds is 1. The average Bonchev–Trinajstić information content (AvgIpc) is 2.72. The molecule has 0 aliphatic carbocycles. The molecule has 0 unspecified atom stereocenters. The van der Waals surface area contributed by atoms with Gasteiger partial charge >= 0.3 is 0 Å². The molecule has 3 rings (SSSR count). The number of phenols is 1. The molecular formula is C14H11NOS. The molecule has 0 atom stereocenters. The van der Waals surface area contributed by atoms with E-state index in [4.69, 9.17) is 0 Å². The normalized spacial score (nSPS) is 10.9. The lowest BCUT2D eigenvalue weighted by Crippen LogP contribution is -1.80. The van der Waals surface area contributed by atoms with Crippen molar-refractivity contribution in [2.45, 2.75) is 6.92 Å². The van der Waals surface area contributed by atoms with Gasteiger partial charge in [-0.15, -0.1) is 11.3 Å². The van der Waals surface area contributed by atoms with Crippen molar-refractivity contribution in [3.63, 3.8) is 0 Å². The van der Waals surface area contributed by atoms with Crippen LogP contribution in [0.2, 0.25) is 0 Å². The summed E-state index contributed by atoms with van der Waals surface area (Å²) in [6, 6.07) is 13.5. The van der Waals surface area contributed by atoms with Crippen LogP contribution in [0.25, 0.3) is 20.8 Å². The predicted molar refractivity (Wildman–Crippen MR) is 71.5 cm³/mol. The first kappa shape index (κ1) is 10.3. The van der Waals surface area contributed by atoms with E-state index >= 15 is 0 Å². The molecule has 84 valence electrons. The fraction of sp³-hybridized carbons (Fsp3) is 0.0714. The number of thiazole rings is 1. The lowest BCUT2D eigenvalue weighted by atomic mass is 10.1. The molecule has 3 aromatic rings. The summed E-state index contributed by atoms with van der Waals surface area (Å²) in [6.45, 7) is 2.08. The summed E-state index contributed by atoms with van der Waals surface area (Å²) in [6.07, 6.45) is 0. The largest absolute Gasteiger partial charge is 0.508 e. The van der Waals surface area contributed by atoms with Crippen LogP contribution in [0.15, 0.2) is 42.5 Å². The molecule has 3 heteroatoms. The minimum absolute atomic E-state index is 0.289. The molecule has 0 bridgehead atoms. The van der Waals surface area contributed by atoms with Gasteiger partial charge in [0, 0.05) is 5.56 Å². The van der Waals surface area contributed by atoms with Gasteiger partial charge in [0.1, 0.15) is 10.8 Å². The van der Waals surface area contributed by atoms with Gasteiger partial charge in [0.05, 0.1) is 10.2 Å². The highest BCUT2D eigenvalue weighted by Crippen LogP contribution is 2.33. The molecule has 0 fully saturated rings. The number of hydrogen-bond donors (Lipinski definition) is 1. The van der Waals surface area contributed by atoms with Crippen molar-refractivity contribution < 1.29 is 5.11 Å². The molecule has 0 aliphatic heterocycles. The molecule has 1 aromatic heterocycles. The van der Waals surface area contributed by atoms with E-state index in [2.05, 4.69) is 24.0 Å². The summed E-state index contributed by atoms with van der Waals surface area (Å²) in [5.41, 5.74) is 3.31. The summed E-state index contributed by atoms with van der Waals surface area (Å²) in [5.74, 6) is 0.289. The molecule has 0 saturated heterocycles. The Morgan fingerprint density at radius 2 is 1.94 bits per heavy atom. The Bertz CT molecular complexity index is 688. The Kier molecular flexibility index (Phi) is 2.34. The van der Waals surface area contributed by atoms with Gasteiger partial charge in [-0.05, 0) is 30.7 Å². The summed E-state index contributed by atoms with van der Waals surface area (Å²) < 4.78 is 1.02. The first-order chi connectivity index (χ1) is 8.24. The maximum absolute atomic E-state index is 9.44. The highest BCUT2D eigenvalue weighted by molar-refractivity contribution is 7.21. The zero-order chi connectivity index (χ0) is 11.8. The van der Waals surface area contributed by atoms with Gasteiger partial charge in [0.15, 0.2) is 0 Å². The van der Waals surface area contributed by atoms with Crippen LogP contribution in [0.1, 0.15) is 5.56 Å². The average molecular weight is 241 g/mol. The molecular weight excluding hydrogens is 230 g/mol. The molecule has 0 spiro atoms. The molecule has 17 heavy (non-hydrogen) atoms. The fourth-order valence-electron chi connectivity index (χ4n) is 1.84. The summed E-state index contributed by atoms with van der Waals surface area (Å²) in [7, 11) is 0. The van der Waals surface area contributed by atoms with Gasteiger partial charge in [0.2, 0.25) is 0 Å². The Hall–Kier alpha value is -1.87. The standard InChI is InChI=1S/C14H11NOS/c1-9-4-2-3-5-11(9)14-15-12-7-6-10(16)8-13(12)17-14/h2-8,16H,1H3. The monoisotopic (exact) mass is 241 g/mol. The summed E-state index contributed by atoms with van der Waals surface area (Å²) >= 11 is 1.61. The molecule has 0 amide bonds. The molecule has 2 aromatic carbocycles. The third kappa shape index (κ3) is 1.78. The van der Waals surface area contributed by atoms with Crippen LogP contribution >= 0.6 is 11.3 Å². The number of aryl methyl sites for hydroxylation is 1. The van der Waals surface area contributed by atoms with Crippen molar-refractivity contribution in [2.24, 2.45) is 0 Å².